The summed E-state index contributed by atoms with van der Waals surface area (Å²) in [5.74, 6) is -1.11. The van der Waals surface area contributed by atoms with Gasteiger partial charge in [0.25, 0.3) is 5.91 Å². The van der Waals surface area contributed by atoms with Crippen molar-refractivity contribution in [2.24, 2.45) is 5.41 Å². The van der Waals surface area contributed by atoms with Gasteiger partial charge in [-0.15, -0.1) is 0 Å². The smallest absolute Gasteiger partial charge is 0.313 e. The summed E-state index contributed by atoms with van der Waals surface area (Å²) in [5.41, 5.74) is -0.446. The number of carbonyl (C=O) groups excluding carboxylic acids is 1. The molecule has 1 atom stereocenters. The highest BCUT2D eigenvalue weighted by atomic mass is 19.1. The van der Waals surface area contributed by atoms with E-state index in [-0.39, 0.29) is 30.6 Å². The largest absolute Gasteiger partial charge is 0.481 e. The zero-order valence-electron chi connectivity index (χ0n) is 14.4. The number of carboxylic acid groups (broad SMARTS) is 1. The molecule has 6 nitrogen and oxygen atoms in total. The third kappa shape index (κ3) is 3.48. The number of carboxylic acids is 1. The number of hydrogen-bond donors (Lipinski definition) is 1. The lowest BCUT2D eigenvalue weighted by Crippen LogP contribution is -2.52. The first kappa shape index (κ1) is 18.1. The summed E-state index contributed by atoms with van der Waals surface area (Å²) in [6.07, 6.45) is 1.03. The Labute approximate surface area is 150 Å². The molecule has 0 radical (unpaired) electrons. The third-order valence-corrected chi connectivity index (χ3v) is 4.68. The SMILES string of the molecule is COCC1(C(=O)O)CCCN(C(=O)c2ccc(-c3ccc(F)cc3)o2)C1. The van der Waals surface area contributed by atoms with E-state index in [1.807, 2.05) is 0 Å². The van der Waals surface area contributed by atoms with Crippen molar-refractivity contribution < 1.29 is 28.2 Å². The van der Waals surface area contributed by atoms with E-state index in [0.717, 1.165) is 0 Å². The lowest BCUT2D eigenvalue weighted by Gasteiger charge is -2.39. The Morgan fingerprint density at radius 1 is 1.27 bits per heavy atom. The highest BCUT2D eigenvalue weighted by Gasteiger charge is 2.44. The molecule has 1 aromatic carbocycles. The van der Waals surface area contributed by atoms with Gasteiger partial charge in [0, 0.05) is 25.8 Å². The van der Waals surface area contributed by atoms with Crippen molar-refractivity contribution in [2.75, 3.05) is 26.8 Å². The zero-order chi connectivity index (χ0) is 18.7. The normalized spacial score (nSPS) is 20.2. The van der Waals surface area contributed by atoms with Crippen LogP contribution in [0.1, 0.15) is 23.4 Å². The number of piperidine rings is 1. The molecule has 1 aromatic heterocycles. The molecule has 1 fully saturated rings. The van der Waals surface area contributed by atoms with Crippen molar-refractivity contribution in [1.82, 2.24) is 4.90 Å². The Morgan fingerprint density at radius 3 is 2.65 bits per heavy atom. The molecule has 1 unspecified atom stereocenters. The predicted molar refractivity (Wildman–Crippen MR) is 91.2 cm³/mol. The van der Waals surface area contributed by atoms with Crippen LogP contribution in [0, 0.1) is 11.2 Å². The summed E-state index contributed by atoms with van der Waals surface area (Å²) < 4.78 is 23.7. The third-order valence-electron chi connectivity index (χ3n) is 4.68. The fourth-order valence-corrected chi connectivity index (χ4v) is 3.31. The Kier molecular flexibility index (Phi) is 5.08. The first-order valence-electron chi connectivity index (χ1n) is 8.32. The number of hydrogen-bond acceptors (Lipinski definition) is 4. The van der Waals surface area contributed by atoms with E-state index in [9.17, 15) is 19.1 Å². The van der Waals surface area contributed by atoms with Crippen LogP contribution in [-0.2, 0) is 9.53 Å². The van der Waals surface area contributed by atoms with E-state index in [0.29, 0.717) is 30.7 Å². The van der Waals surface area contributed by atoms with E-state index in [1.165, 1.54) is 24.1 Å². The Morgan fingerprint density at radius 2 is 2.00 bits per heavy atom. The monoisotopic (exact) mass is 361 g/mol. The molecule has 0 spiro atoms. The van der Waals surface area contributed by atoms with Crippen molar-refractivity contribution in [1.29, 1.82) is 0 Å². The summed E-state index contributed by atoms with van der Waals surface area (Å²) >= 11 is 0. The van der Waals surface area contributed by atoms with Gasteiger partial charge >= 0.3 is 5.97 Å². The number of halogens is 1. The number of furan rings is 1. The quantitative estimate of drug-likeness (QED) is 0.885. The molecule has 2 heterocycles. The summed E-state index contributed by atoms with van der Waals surface area (Å²) in [6.45, 7) is 0.580. The summed E-state index contributed by atoms with van der Waals surface area (Å²) in [6, 6.07) is 8.96. The van der Waals surface area contributed by atoms with Crippen LogP contribution in [0.5, 0.6) is 0 Å². The summed E-state index contributed by atoms with van der Waals surface area (Å²) in [7, 11) is 1.45. The van der Waals surface area contributed by atoms with Crippen LogP contribution in [0.15, 0.2) is 40.8 Å². The standard InChI is InChI=1S/C19H20FNO5/c1-25-12-19(18(23)24)9-2-10-21(11-19)17(22)16-8-7-15(26-16)13-3-5-14(20)6-4-13/h3-8H,2,9-12H2,1H3,(H,23,24). The van der Waals surface area contributed by atoms with Gasteiger partial charge in [0.15, 0.2) is 5.76 Å². The van der Waals surface area contributed by atoms with E-state index < -0.39 is 11.4 Å². The molecule has 0 saturated carbocycles. The van der Waals surface area contributed by atoms with Gasteiger partial charge in [-0.3, -0.25) is 9.59 Å². The van der Waals surface area contributed by atoms with Crippen molar-refractivity contribution in [3.8, 4) is 11.3 Å². The number of ether oxygens (including phenoxy) is 1. The number of amides is 1. The Hall–Kier alpha value is -2.67. The first-order chi connectivity index (χ1) is 12.4. The molecule has 3 rings (SSSR count). The van der Waals surface area contributed by atoms with Crippen LogP contribution in [0.4, 0.5) is 4.39 Å². The Bertz CT molecular complexity index is 797. The van der Waals surface area contributed by atoms with Gasteiger partial charge in [-0.05, 0) is 49.2 Å². The molecule has 26 heavy (non-hydrogen) atoms. The first-order valence-corrected chi connectivity index (χ1v) is 8.32. The van der Waals surface area contributed by atoms with Gasteiger partial charge in [-0.1, -0.05) is 0 Å². The number of rotatable bonds is 5. The lowest BCUT2D eigenvalue weighted by atomic mass is 9.80. The number of likely N-dealkylation sites (tertiary alicyclic amines) is 1. The van der Waals surface area contributed by atoms with Gasteiger partial charge in [0.05, 0.1) is 6.61 Å². The second-order valence-corrected chi connectivity index (χ2v) is 6.52. The number of benzene rings is 1. The fraction of sp³-hybridized carbons (Fsp3) is 0.368. The maximum absolute atomic E-state index is 13.0. The number of carbonyl (C=O) groups is 2. The lowest BCUT2D eigenvalue weighted by molar-refractivity contribution is -0.155. The maximum Gasteiger partial charge on any atom is 0.313 e. The molecule has 1 aliphatic rings. The zero-order valence-corrected chi connectivity index (χ0v) is 14.4. The van der Waals surface area contributed by atoms with Crippen LogP contribution >= 0.6 is 0 Å². The second-order valence-electron chi connectivity index (χ2n) is 6.52. The van der Waals surface area contributed by atoms with Crippen molar-refractivity contribution in [3.05, 3.63) is 48.0 Å². The molecule has 138 valence electrons. The van der Waals surface area contributed by atoms with E-state index >= 15 is 0 Å². The van der Waals surface area contributed by atoms with Gasteiger partial charge in [0.1, 0.15) is 17.0 Å². The highest BCUT2D eigenvalue weighted by molar-refractivity contribution is 5.92. The average molecular weight is 361 g/mol. The maximum atomic E-state index is 13.0. The highest BCUT2D eigenvalue weighted by Crippen LogP contribution is 2.32. The molecule has 0 aliphatic carbocycles. The molecular formula is C19H20FNO5. The molecule has 1 amide bonds. The summed E-state index contributed by atoms with van der Waals surface area (Å²) in [4.78, 5) is 26.0. The fourth-order valence-electron chi connectivity index (χ4n) is 3.31. The van der Waals surface area contributed by atoms with Gasteiger partial charge in [0.2, 0.25) is 0 Å². The van der Waals surface area contributed by atoms with Crippen molar-refractivity contribution in [3.63, 3.8) is 0 Å². The number of nitrogens with zero attached hydrogens (tertiary/aromatic N) is 1. The van der Waals surface area contributed by atoms with Crippen LogP contribution in [0.2, 0.25) is 0 Å². The van der Waals surface area contributed by atoms with Crippen molar-refractivity contribution >= 4 is 11.9 Å². The summed E-state index contributed by atoms with van der Waals surface area (Å²) in [5, 5.41) is 9.59. The van der Waals surface area contributed by atoms with Crippen molar-refractivity contribution in [2.45, 2.75) is 12.8 Å². The molecule has 7 heteroatoms. The van der Waals surface area contributed by atoms with Crippen LogP contribution < -0.4 is 0 Å². The van der Waals surface area contributed by atoms with E-state index in [4.69, 9.17) is 9.15 Å². The van der Waals surface area contributed by atoms with Crippen LogP contribution in [0.25, 0.3) is 11.3 Å². The topological polar surface area (TPSA) is 80.0 Å². The molecule has 1 N–H and O–H groups in total. The minimum absolute atomic E-state index is 0.0467. The number of aliphatic carboxylic acids is 1. The Balaban J connectivity index is 1.79. The van der Waals surface area contributed by atoms with Crippen LogP contribution in [0.3, 0.4) is 0 Å². The van der Waals surface area contributed by atoms with E-state index in [2.05, 4.69) is 0 Å². The second kappa shape index (κ2) is 7.29. The van der Waals surface area contributed by atoms with Gasteiger partial charge in [-0.2, -0.15) is 0 Å². The van der Waals surface area contributed by atoms with Gasteiger partial charge in [-0.25, -0.2) is 4.39 Å². The average Bonchev–Trinajstić information content (AvgIpc) is 3.12. The molecule has 0 bridgehead atoms. The molecular weight excluding hydrogens is 341 g/mol. The predicted octanol–water partition coefficient (Wildman–Crippen LogP) is 3.04. The van der Waals surface area contributed by atoms with E-state index in [1.54, 1.807) is 24.3 Å². The minimum atomic E-state index is -1.10. The van der Waals surface area contributed by atoms with Crippen LogP contribution in [-0.4, -0.2) is 48.7 Å². The molecule has 1 aliphatic heterocycles. The molecule has 2 aromatic rings. The minimum Gasteiger partial charge on any atom is -0.481 e. The molecule has 1 saturated heterocycles. The van der Waals surface area contributed by atoms with Gasteiger partial charge < -0.3 is 19.2 Å². The number of methoxy groups -OCH3 is 1.